The molecule has 1 amide bonds. The summed E-state index contributed by atoms with van der Waals surface area (Å²) >= 11 is 0. The summed E-state index contributed by atoms with van der Waals surface area (Å²) < 4.78 is 0. The maximum Gasteiger partial charge on any atom is 0.244 e. The van der Waals surface area contributed by atoms with Gasteiger partial charge in [0, 0.05) is 5.57 Å². The summed E-state index contributed by atoms with van der Waals surface area (Å²) in [5, 5.41) is 9.13. The van der Waals surface area contributed by atoms with Crippen LogP contribution < -0.4 is 5.73 Å². The first-order chi connectivity index (χ1) is 5.27. The molecule has 0 saturated heterocycles. The predicted molar refractivity (Wildman–Crippen MR) is 48.4 cm³/mol. The van der Waals surface area contributed by atoms with Gasteiger partial charge in [0.25, 0.3) is 0 Å². The van der Waals surface area contributed by atoms with Crippen molar-refractivity contribution in [2.45, 2.75) is 33.3 Å². The standard InChI is InChI=1S/C9H17NO2/c1-6(11)5-9(3,4)7(2)8(10)12/h6,11H,2,5H2,1,3-4H3,(H2,10,12). The summed E-state index contributed by atoms with van der Waals surface area (Å²) in [6, 6.07) is 0. The van der Waals surface area contributed by atoms with Gasteiger partial charge in [-0.25, -0.2) is 0 Å². The van der Waals surface area contributed by atoms with Gasteiger partial charge in [-0.1, -0.05) is 20.4 Å². The van der Waals surface area contributed by atoms with E-state index in [1.54, 1.807) is 6.92 Å². The van der Waals surface area contributed by atoms with E-state index in [0.29, 0.717) is 12.0 Å². The first-order valence-electron chi connectivity index (χ1n) is 3.94. The van der Waals surface area contributed by atoms with Gasteiger partial charge in [-0.15, -0.1) is 0 Å². The van der Waals surface area contributed by atoms with Gasteiger partial charge in [0.15, 0.2) is 0 Å². The molecule has 0 fully saturated rings. The summed E-state index contributed by atoms with van der Waals surface area (Å²) in [7, 11) is 0. The normalized spacial score (nSPS) is 14.0. The zero-order valence-electron chi connectivity index (χ0n) is 7.92. The molecule has 0 heterocycles. The van der Waals surface area contributed by atoms with Gasteiger partial charge in [0.05, 0.1) is 6.10 Å². The van der Waals surface area contributed by atoms with E-state index < -0.39 is 17.4 Å². The first kappa shape index (κ1) is 11.2. The summed E-state index contributed by atoms with van der Waals surface area (Å²) in [6.45, 7) is 8.95. The van der Waals surface area contributed by atoms with E-state index in [4.69, 9.17) is 10.8 Å². The minimum atomic E-state index is -0.499. The maximum atomic E-state index is 10.8. The molecular formula is C9H17NO2. The van der Waals surface area contributed by atoms with Gasteiger partial charge in [0.1, 0.15) is 0 Å². The molecule has 12 heavy (non-hydrogen) atoms. The Morgan fingerprint density at radius 3 is 2.33 bits per heavy atom. The SMILES string of the molecule is C=C(C(N)=O)C(C)(C)CC(C)O. The van der Waals surface area contributed by atoms with Gasteiger partial charge in [-0.2, -0.15) is 0 Å². The van der Waals surface area contributed by atoms with Crippen LogP contribution in [0.4, 0.5) is 0 Å². The van der Waals surface area contributed by atoms with E-state index in [-0.39, 0.29) is 0 Å². The molecule has 0 aliphatic carbocycles. The second-order valence-electron chi connectivity index (χ2n) is 3.78. The molecule has 3 heteroatoms. The van der Waals surface area contributed by atoms with E-state index in [1.807, 2.05) is 13.8 Å². The van der Waals surface area contributed by atoms with Crippen LogP contribution in [0.5, 0.6) is 0 Å². The molecule has 3 N–H and O–H groups in total. The highest BCUT2D eigenvalue weighted by molar-refractivity contribution is 5.92. The number of carbonyl (C=O) groups is 1. The van der Waals surface area contributed by atoms with Crippen LogP contribution in [0.3, 0.4) is 0 Å². The lowest BCUT2D eigenvalue weighted by atomic mass is 9.80. The Kier molecular flexibility index (Phi) is 3.46. The van der Waals surface area contributed by atoms with E-state index >= 15 is 0 Å². The fourth-order valence-corrected chi connectivity index (χ4v) is 1.20. The molecule has 0 aromatic carbocycles. The van der Waals surface area contributed by atoms with Crippen molar-refractivity contribution in [3.05, 3.63) is 12.2 Å². The van der Waals surface area contributed by atoms with Crippen LogP contribution >= 0.6 is 0 Å². The number of hydrogen-bond donors (Lipinski definition) is 2. The van der Waals surface area contributed by atoms with Gasteiger partial charge in [-0.05, 0) is 18.8 Å². The summed E-state index contributed by atoms with van der Waals surface area (Å²) in [5.41, 5.74) is 5.03. The molecule has 1 atom stereocenters. The van der Waals surface area contributed by atoms with Crippen LogP contribution in [0.1, 0.15) is 27.2 Å². The number of primary amides is 1. The van der Waals surface area contributed by atoms with Crippen molar-refractivity contribution in [2.75, 3.05) is 0 Å². The Morgan fingerprint density at radius 2 is 2.08 bits per heavy atom. The smallest absolute Gasteiger partial charge is 0.244 e. The Bertz CT molecular complexity index is 195. The Labute approximate surface area is 73.3 Å². The van der Waals surface area contributed by atoms with Crippen LogP contribution in [-0.2, 0) is 4.79 Å². The maximum absolute atomic E-state index is 10.8. The molecule has 0 aromatic rings. The van der Waals surface area contributed by atoms with Crippen molar-refractivity contribution in [1.82, 2.24) is 0 Å². The van der Waals surface area contributed by atoms with Gasteiger partial charge in [0.2, 0.25) is 5.91 Å². The van der Waals surface area contributed by atoms with E-state index in [9.17, 15) is 4.79 Å². The van der Waals surface area contributed by atoms with Gasteiger partial charge >= 0.3 is 0 Å². The van der Waals surface area contributed by atoms with E-state index in [0.717, 1.165) is 0 Å². The molecule has 70 valence electrons. The highest BCUT2D eigenvalue weighted by Gasteiger charge is 2.26. The molecule has 0 bridgehead atoms. The molecule has 0 aromatic heterocycles. The molecular weight excluding hydrogens is 154 g/mol. The fourth-order valence-electron chi connectivity index (χ4n) is 1.20. The summed E-state index contributed by atoms with van der Waals surface area (Å²) in [6.07, 6.45) is 0.0468. The van der Waals surface area contributed by atoms with Crippen LogP contribution in [-0.4, -0.2) is 17.1 Å². The monoisotopic (exact) mass is 171 g/mol. The Balaban J connectivity index is 4.39. The molecule has 0 spiro atoms. The topological polar surface area (TPSA) is 63.3 Å². The van der Waals surface area contributed by atoms with Crippen molar-refractivity contribution in [1.29, 1.82) is 0 Å². The lowest BCUT2D eigenvalue weighted by Gasteiger charge is -2.26. The summed E-state index contributed by atoms with van der Waals surface area (Å²) in [5.74, 6) is -0.499. The van der Waals surface area contributed by atoms with E-state index in [1.165, 1.54) is 0 Å². The first-order valence-corrected chi connectivity index (χ1v) is 3.94. The minimum absolute atomic E-state index is 0.364. The predicted octanol–water partition coefficient (Wildman–Crippen LogP) is 0.825. The highest BCUT2D eigenvalue weighted by Crippen LogP contribution is 2.29. The zero-order valence-corrected chi connectivity index (χ0v) is 7.92. The molecule has 1 unspecified atom stereocenters. The third-order valence-electron chi connectivity index (χ3n) is 1.92. The van der Waals surface area contributed by atoms with Crippen molar-refractivity contribution >= 4 is 5.91 Å². The number of amides is 1. The van der Waals surface area contributed by atoms with E-state index in [2.05, 4.69) is 6.58 Å². The molecule has 0 aliphatic heterocycles. The number of carbonyl (C=O) groups excluding carboxylic acids is 1. The number of hydrogen-bond acceptors (Lipinski definition) is 2. The number of rotatable bonds is 4. The van der Waals surface area contributed by atoms with Crippen molar-refractivity contribution in [2.24, 2.45) is 11.1 Å². The minimum Gasteiger partial charge on any atom is -0.393 e. The lowest BCUT2D eigenvalue weighted by molar-refractivity contribution is -0.115. The second-order valence-corrected chi connectivity index (χ2v) is 3.78. The Morgan fingerprint density at radius 1 is 1.67 bits per heavy atom. The molecule has 0 rings (SSSR count). The average Bonchev–Trinajstić information content (AvgIpc) is 1.82. The van der Waals surface area contributed by atoms with Crippen LogP contribution in [0.25, 0.3) is 0 Å². The molecule has 0 saturated carbocycles. The fraction of sp³-hybridized carbons (Fsp3) is 0.667. The van der Waals surface area contributed by atoms with Crippen molar-refractivity contribution < 1.29 is 9.90 Å². The molecule has 0 aliphatic rings. The Hall–Kier alpha value is -0.830. The average molecular weight is 171 g/mol. The third kappa shape index (κ3) is 3.05. The van der Waals surface area contributed by atoms with Crippen LogP contribution in [0.15, 0.2) is 12.2 Å². The molecule has 0 radical (unpaired) electrons. The van der Waals surface area contributed by atoms with Crippen molar-refractivity contribution in [3.63, 3.8) is 0 Å². The quantitative estimate of drug-likeness (QED) is 0.615. The largest absolute Gasteiger partial charge is 0.393 e. The number of aliphatic hydroxyl groups is 1. The lowest BCUT2D eigenvalue weighted by Crippen LogP contribution is -2.28. The molecule has 3 nitrogen and oxygen atoms in total. The summed E-state index contributed by atoms with van der Waals surface area (Å²) in [4.78, 5) is 10.8. The van der Waals surface area contributed by atoms with Crippen LogP contribution in [0.2, 0.25) is 0 Å². The number of nitrogens with two attached hydrogens (primary N) is 1. The van der Waals surface area contributed by atoms with Crippen LogP contribution in [0, 0.1) is 5.41 Å². The van der Waals surface area contributed by atoms with Gasteiger partial charge < -0.3 is 10.8 Å². The number of aliphatic hydroxyl groups excluding tert-OH is 1. The highest BCUT2D eigenvalue weighted by atomic mass is 16.3. The zero-order chi connectivity index (χ0) is 9.94. The third-order valence-corrected chi connectivity index (χ3v) is 1.92. The van der Waals surface area contributed by atoms with Crippen molar-refractivity contribution in [3.8, 4) is 0 Å². The second kappa shape index (κ2) is 3.72. The van der Waals surface area contributed by atoms with Gasteiger partial charge in [-0.3, -0.25) is 4.79 Å².